The second kappa shape index (κ2) is 7.02. The molecule has 2 aromatic carbocycles. The molecular formula is C20H19ClN2O3. The van der Waals surface area contributed by atoms with Crippen LogP contribution < -0.4 is 10.2 Å². The van der Waals surface area contributed by atoms with Gasteiger partial charge in [-0.05, 0) is 31.2 Å². The number of rotatable bonds is 3. The molecule has 26 heavy (non-hydrogen) atoms. The van der Waals surface area contributed by atoms with Gasteiger partial charge in [0.2, 0.25) is 0 Å². The van der Waals surface area contributed by atoms with Gasteiger partial charge in [0, 0.05) is 35.4 Å². The zero-order valence-electron chi connectivity index (χ0n) is 14.4. The van der Waals surface area contributed by atoms with E-state index in [1.54, 1.807) is 6.07 Å². The number of hydrogen-bond donors (Lipinski definition) is 1. The standard InChI is InChI=1S/C20H19ClN2O3/c1-13-16-6-3-7-17(21)19(16)26-18(13)20(24)22-14-4-2-5-15(12-14)23-8-10-25-11-9-23/h2-7,12H,8-11H2,1H3,(H,22,24). The van der Waals surface area contributed by atoms with Crippen LogP contribution in [0.2, 0.25) is 5.02 Å². The Kier molecular flexibility index (Phi) is 4.57. The molecule has 1 saturated heterocycles. The lowest BCUT2D eigenvalue weighted by atomic mass is 10.1. The first kappa shape index (κ1) is 16.9. The highest BCUT2D eigenvalue weighted by Crippen LogP contribution is 2.31. The van der Waals surface area contributed by atoms with Gasteiger partial charge in [0.1, 0.15) is 0 Å². The number of carbonyl (C=O) groups is 1. The number of benzene rings is 2. The molecule has 4 rings (SSSR count). The number of nitrogens with one attached hydrogen (secondary N) is 1. The van der Waals surface area contributed by atoms with Crippen LogP contribution in [0.3, 0.4) is 0 Å². The van der Waals surface area contributed by atoms with Crippen LogP contribution in [-0.4, -0.2) is 32.2 Å². The molecule has 3 aromatic rings. The molecule has 0 aliphatic carbocycles. The quantitative estimate of drug-likeness (QED) is 0.738. The van der Waals surface area contributed by atoms with Gasteiger partial charge in [-0.1, -0.05) is 29.8 Å². The van der Waals surface area contributed by atoms with E-state index < -0.39 is 0 Å². The van der Waals surface area contributed by atoms with E-state index in [9.17, 15) is 4.79 Å². The molecule has 2 heterocycles. The predicted molar refractivity (Wildman–Crippen MR) is 103 cm³/mol. The summed E-state index contributed by atoms with van der Waals surface area (Å²) in [5.41, 5.74) is 3.11. The van der Waals surface area contributed by atoms with Crippen LogP contribution >= 0.6 is 11.6 Å². The summed E-state index contributed by atoms with van der Waals surface area (Å²) >= 11 is 6.17. The van der Waals surface area contributed by atoms with Crippen molar-refractivity contribution in [2.75, 3.05) is 36.5 Å². The second-order valence-corrected chi connectivity index (χ2v) is 6.68. The molecule has 0 spiro atoms. The van der Waals surface area contributed by atoms with E-state index in [1.807, 2.05) is 43.3 Å². The van der Waals surface area contributed by atoms with Gasteiger partial charge >= 0.3 is 0 Å². The lowest BCUT2D eigenvalue weighted by molar-refractivity contribution is 0.0998. The Labute approximate surface area is 156 Å². The Morgan fingerprint density at radius 2 is 1.92 bits per heavy atom. The summed E-state index contributed by atoms with van der Waals surface area (Å²) in [7, 11) is 0. The summed E-state index contributed by atoms with van der Waals surface area (Å²) in [6.45, 7) is 4.99. The molecule has 1 aliphatic rings. The van der Waals surface area contributed by atoms with Gasteiger partial charge in [0.15, 0.2) is 11.3 Å². The van der Waals surface area contributed by atoms with E-state index >= 15 is 0 Å². The Morgan fingerprint density at radius 3 is 2.69 bits per heavy atom. The largest absolute Gasteiger partial charge is 0.449 e. The molecule has 0 atom stereocenters. The Hall–Kier alpha value is -2.50. The average molecular weight is 371 g/mol. The molecule has 1 aliphatic heterocycles. The Balaban J connectivity index is 1.59. The van der Waals surface area contributed by atoms with E-state index in [0.717, 1.165) is 48.6 Å². The second-order valence-electron chi connectivity index (χ2n) is 6.28. The number of morpholine rings is 1. The molecule has 1 N–H and O–H groups in total. The van der Waals surface area contributed by atoms with Gasteiger partial charge in [0.05, 0.1) is 18.2 Å². The number of hydrogen-bond acceptors (Lipinski definition) is 4. The summed E-state index contributed by atoms with van der Waals surface area (Å²) in [5.74, 6) is -0.00114. The molecule has 0 bridgehead atoms. The lowest BCUT2D eigenvalue weighted by Crippen LogP contribution is -2.36. The normalized spacial score (nSPS) is 14.6. The maximum Gasteiger partial charge on any atom is 0.291 e. The minimum absolute atomic E-state index is 0.282. The van der Waals surface area contributed by atoms with Crippen molar-refractivity contribution < 1.29 is 13.9 Å². The fourth-order valence-electron chi connectivity index (χ4n) is 3.22. The molecule has 6 heteroatoms. The number of para-hydroxylation sites is 1. The molecule has 0 unspecified atom stereocenters. The van der Waals surface area contributed by atoms with Crippen molar-refractivity contribution in [3.05, 3.63) is 58.8 Å². The first-order chi connectivity index (χ1) is 12.6. The first-order valence-electron chi connectivity index (χ1n) is 8.55. The van der Waals surface area contributed by atoms with Crippen molar-refractivity contribution in [3.8, 4) is 0 Å². The minimum atomic E-state index is -0.283. The third-order valence-electron chi connectivity index (χ3n) is 4.60. The SMILES string of the molecule is Cc1c(C(=O)Nc2cccc(N3CCOCC3)c2)oc2c(Cl)cccc12. The van der Waals surface area contributed by atoms with Crippen molar-refractivity contribution in [3.63, 3.8) is 0 Å². The Bertz CT molecular complexity index is 961. The van der Waals surface area contributed by atoms with Crippen LogP contribution in [0, 0.1) is 6.92 Å². The smallest absolute Gasteiger partial charge is 0.291 e. The average Bonchev–Trinajstić information content (AvgIpc) is 3.01. The molecular weight excluding hydrogens is 352 g/mol. The van der Waals surface area contributed by atoms with Crippen LogP contribution in [-0.2, 0) is 4.74 Å². The highest BCUT2D eigenvalue weighted by Gasteiger charge is 2.19. The van der Waals surface area contributed by atoms with Gasteiger partial charge in [0.25, 0.3) is 5.91 Å². The molecule has 0 radical (unpaired) electrons. The predicted octanol–water partition coefficient (Wildman–Crippen LogP) is 4.48. The van der Waals surface area contributed by atoms with E-state index in [1.165, 1.54) is 0 Å². The zero-order valence-corrected chi connectivity index (χ0v) is 15.2. The number of halogens is 1. The van der Waals surface area contributed by atoms with Gasteiger partial charge < -0.3 is 19.4 Å². The highest BCUT2D eigenvalue weighted by molar-refractivity contribution is 6.35. The minimum Gasteiger partial charge on any atom is -0.449 e. The number of amides is 1. The summed E-state index contributed by atoms with van der Waals surface area (Å²) in [6.07, 6.45) is 0. The number of furan rings is 1. The maximum atomic E-state index is 12.7. The highest BCUT2D eigenvalue weighted by atomic mass is 35.5. The molecule has 0 saturated carbocycles. The van der Waals surface area contributed by atoms with Crippen molar-refractivity contribution in [1.82, 2.24) is 0 Å². The summed E-state index contributed by atoms with van der Waals surface area (Å²) in [6, 6.07) is 13.3. The fraction of sp³-hybridized carbons (Fsp3) is 0.250. The number of ether oxygens (including phenoxy) is 1. The van der Waals surface area contributed by atoms with Crippen molar-refractivity contribution in [2.24, 2.45) is 0 Å². The number of carbonyl (C=O) groups excluding carboxylic acids is 1. The summed E-state index contributed by atoms with van der Waals surface area (Å²) in [5, 5.41) is 4.28. The van der Waals surface area contributed by atoms with E-state index in [2.05, 4.69) is 10.2 Å². The molecule has 1 aromatic heterocycles. The molecule has 134 valence electrons. The first-order valence-corrected chi connectivity index (χ1v) is 8.93. The number of anilines is 2. The van der Waals surface area contributed by atoms with E-state index in [4.69, 9.17) is 20.8 Å². The molecule has 5 nitrogen and oxygen atoms in total. The van der Waals surface area contributed by atoms with Gasteiger partial charge in [-0.15, -0.1) is 0 Å². The van der Waals surface area contributed by atoms with Crippen LogP contribution in [0.15, 0.2) is 46.9 Å². The summed E-state index contributed by atoms with van der Waals surface area (Å²) in [4.78, 5) is 15.0. The van der Waals surface area contributed by atoms with Crippen LogP contribution in [0.1, 0.15) is 16.1 Å². The number of fused-ring (bicyclic) bond motifs is 1. The number of aryl methyl sites for hydroxylation is 1. The number of nitrogens with zero attached hydrogens (tertiary/aromatic N) is 1. The monoisotopic (exact) mass is 370 g/mol. The topological polar surface area (TPSA) is 54.7 Å². The van der Waals surface area contributed by atoms with Gasteiger partial charge in [-0.25, -0.2) is 0 Å². The van der Waals surface area contributed by atoms with Crippen LogP contribution in [0.25, 0.3) is 11.0 Å². The van der Waals surface area contributed by atoms with Crippen molar-refractivity contribution >= 4 is 39.9 Å². The zero-order chi connectivity index (χ0) is 18.1. The van der Waals surface area contributed by atoms with Crippen molar-refractivity contribution in [2.45, 2.75) is 6.92 Å². The third kappa shape index (κ3) is 3.16. The van der Waals surface area contributed by atoms with Crippen LogP contribution in [0.4, 0.5) is 11.4 Å². The van der Waals surface area contributed by atoms with E-state index in [0.29, 0.717) is 10.6 Å². The third-order valence-corrected chi connectivity index (χ3v) is 4.90. The van der Waals surface area contributed by atoms with Crippen molar-refractivity contribution in [1.29, 1.82) is 0 Å². The van der Waals surface area contributed by atoms with Gasteiger partial charge in [-0.3, -0.25) is 4.79 Å². The maximum absolute atomic E-state index is 12.7. The fourth-order valence-corrected chi connectivity index (χ4v) is 3.43. The Morgan fingerprint density at radius 1 is 1.15 bits per heavy atom. The molecule has 1 amide bonds. The molecule has 1 fully saturated rings. The van der Waals surface area contributed by atoms with Gasteiger partial charge in [-0.2, -0.15) is 0 Å². The lowest BCUT2D eigenvalue weighted by Gasteiger charge is -2.29. The van der Waals surface area contributed by atoms with E-state index in [-0.39, 0.29) is 11.7 Å². The summed E-state index contributed by atoms with van der Waals surface area (Å²) < 4.78 is 11.1. The van der Waals surface area contributed by atoms with Crippen LogP contribution in [0.5, 0.6) is 0 Å².